The van der Waals surface area contributed by atoms with Crippen molar-refractivity contribution >= 4 is 16.0 Å². The second-order valence-corrected chi connectivity index (χ2v) is 5.48. The molecule has 0 aromatic rings. The van der Waals surface area contributed by atoms with Gasteiger partial charge in [0.05, 0.1) is 18.8 Å². The lowest BCUT2D eigenvalue weighted by atomic mass is 10.2. The second-order valence-electron chi connectivity index (χ2n) is 3.55. The Labute approximate surface area is 102 Å². The van der Waals surface area contributed by atoms with Gasteiger partial charge in [-0.2, -0.15) is 0 Å². The Hall–Kier alpha value is -0.660. The molecule has 0 spiro atoms. The first-order valence-corrected chi connectivity index (χ1v) is 7.41. The molecule has 0 saturated carbocycles. The Bertz CT molecular complexity index is 302. The monoisotopic (exact) mass is 267 g/mol. The Morgan fingerprint density at radius 2 is 2.00 bits per heavy atom. The molecule has 17 heavy (non-hydrogen) atoms. The highest BCUT2D eigenvalue weighted by molar-refractivity contribution is 7.89. The molecule has 2 N–H and O–H groups in total. The summed E-state index contributed by atoms with van der Waals surface area (Å²) in [5, 5.41) is 8.53. The number of rotatable bonds is 10. The summed E-state index contributed by atoms with van der Waals surface area (Å²) in [6, 6.07) is 0. The third-order valence-electron chi connectivity index (χ3n) is 2.04. The van der Waals surface area contributed by atoms with Gasteiger partial charge in [0.2, 0.25) is 10.0 Å². The van der Waals surface area contributed by atoms with E-state index in [1.54, 1.807) is 6.92 Å². The minimum absolute atomic E-state index is 0.121. The van der Waals surface area contributed by atoms with Crippen molar-refractivity contribution < 1.29 is 23.1 Å². The van der Waals surface area contributed by atoms with Crippen LogP contribution in [-0.2, 0) is 19.6 Å². The average molecular weight is 267 g/mol. The van der Waals surface area contributed by atoms with Gasteiger partial charge in [0.15, 0.2) is 0 Å². The van der Waals surface area contributed by atoms with E-state index in [0.717, 1.165) is 6.42 Å². The second kappa shape index (κ2) is 9.38. The molecule has 102 valence electrons. The number of aliphatic hydroxyl groups is 1. The molecule has 7 heteroatoms. The van der Waals surface area contributed by atoms with Crippen LogP contribution in [0.25, 0.3) is 0 Å². The summed E-state index contributed by atoms with van der Waals surface area (Å²) in [5.41, 5.74) is 0. The molecule has 6 nitrogen and oxygen atoms in total. The Kier molecular flexibility index (Phi) is 9.01. The third kappa shape index (κ3) is 10.2. The van der Waals surface area contributed by atoms with E-state index in [2.05, 4.69) is 9.46 Å². The summed E-state index contributed by atoms with van der Waals surface area (Å²) in [4.78, 5) is 11.0. The molecule has 0 unspecified atom stereocenters. The van der Waals surface area contributed by atoms with Crippen LogP contribution in [0.5, 0.6) is 0 Å². The third-order valence-corrected chi connectivity index (χ3v) is 3.42. The average Bonchev–Trinajstić information content (AvgIpc) is 2.27. The summed E-state index contributed by atoms with van der Waals surface area (Å²) in [7, 11) is -3.40. The molecule has 0 aromatic heterocycles. The maximum absolute atomic E-state index is 11.4. The van der Waals surface area contributed by atoms with E-state index in [9.17, 15) is 13.2 Å². The van der Waals surface area contributed by atoms with Gasteiger partial charge in [-0.1, -0.05) is 0 Å². The van der Waals surface area contributed by atoms with Gasteiger partial charge in [0.25, 0.3) is 0 Å². The number of esters is 1. The van der Waals surface area contributed by atoms with Gasteiger partial charge in [-0.15, -0.1) is 0 Å². The zero-order chi connectivity index (χ0) is 13.1. The van der Waals surface area contributed by atoms with Crippen LogP contribution in [0.15, 0.2) is 0 Å². The molecule has 0 heterocycles. The topological polar surface area (TPSA) is 92.7 Å². The standard InChI is InChI=1S/C10H21NO5S/c1-2-16-10(13)6-9-17(14,15)11-7-4-3-5-8-12/h11-12H,2-9H2,1H3. The zero-order valence-corrected chi connectivity index (χ0v) is 11.0. The largest absolute Gasteiger partial charge is 0.466 e. The molecule has 0 aliphatic carbocycles. The Morgan fingerprint density at radius 1 is 1.29 bits per heavy atom. The number of carbonyl (C=O) groups is 1. The molecule has 0 bridgehead atoms. The van der Waals surface area contributed by atoms with Gasteiger partial charge in [0, 0.05) is 13.2 Å². The summed E-state index contributed by atoms with van der Waals surface area (Å²) in [6.07, 6.45) is 2.00. The Morgan fingerprint density at radius 3 is 2.59 bits per heavy atom. The number of hydrogen-bond donors (Lipinski definition) is 2. The number of sulfonamides is 1. The molecular formula is C10H21NO5S. The molecular weight excluding hydrogens is 246 g/mol. The van der Waals surface area contributed by atoms with Crippen molar-refractivity contribution in [3.8, 4) is 0 Å². The number of carbonyl (C=O) groups excluding carboxylic acids is 1. The first kappa shape index (κ1) is 16.3. The number of unbranched alkanes of at least 4 members (excludes halogenated alkanes) is 2. The molecule has 0 rings (SSSR count). The van der Waals surface area contributed by atoms with Crippen LogP contribution in [0.1, 0.15) is 32.6 Å². The molecule has 0 aliphatic heterocycles. The van der Waals surface area contributed by atoms with Crippen molar-refractivity contribution in [1.82, 2.24) is 4.72 Å². The molecule has 0 aromatic carbocycles. The summed E-state index contributed by atoms with van der Waals surface area (Å²) < 4.78 is 29.8. The first-order valence-electron chi connectivity index (χ1n) is 5.75. The van der Waals surface area contributed by atoms with Crippen molar-refractivity contribution in [2.75, 3.05) is 25.5 Å². The van der Waals surface area contributed by atoms with Gasteiger partial charge in [0.1, 0.15) is 0 Å². The number of nitrogens with one attached hydrogen (secondary N) is 1. The first-order chi connectivity index (χ1) is 8.02. The maximum atomic E-state index is 11.4. The highest BCUT2D eigenvalue weighted by Crippen LogP contribution is 1.96. The van der Waals surface area contributed by atoms with Crippen molar-refractivity contribution in [2.24, 2.45) is 0 Å². The van der Waals surface area contributed by atoms with E-state index in [0.29, 0.717) is 19.4 Å². The van der Waals surface area contributed by atoms with Crippen LogP contribution in [0.3, 0.4) is 0 Å². The molecule has 0 radical (unpaired) electrons. The minimum Gasteiger partial charge on any atom is -0.466 e. The molecule has 0 aliphatic rings. The lowest BCUT2D eigenvalue weighted by molar-refractivity contribution is -0.142. The fourth-order valence-electron chi connectivity index (χ4n) is 1.16. The quantitative estimate of drug-likeness (QED) is 0.430. The van der Waals surface area contributed by atoms with E-state index >= 15 is 0 Å². The summed E-state index contributed by atoms with van der Waals surface area (Å²) >= 11 is 0. The van der Waals surface area contributed by atoms with Crippen LogP contribution >= 0.6 is 0 Å². The lowest BCUT2D eigenvalue weighted by Crippen LogP contribution is -2.28. The normalized spacial score (nSPS) is 11.4. The predicted octanol–water partition coefficient (Wildman–Crippen LogP) is 0.0216. The summed E-state index contributed by atoms with van der Waals surface area (Å²) in [6.45, 7) is 2.39. The molecule has 0 atom stereocenters. The molecule has 0 amide bonds. The van der Waals surface area contributed by atoms with E-state index < -0.39 is 16.0 Å². The van der Waals surface area contributed by atoms with Crippen molar-refractivity contribution in [1.29, 1.82) is 0 Å². The van der Waals surface area contributed by atoms with Crippen LogP contribution in [0.2, 0.25) is 0 Å². The number of hydrogen-bond acceptors (Lipinski definition) is 5. The van der Waals surface area contributed by atoms with Crippen LogP contribution in [0, 0.1) is 0 Å². The van der Waals surface area contributed by atoms with E-state index in [1.807, 2.05) is 0 Å². The number of ether oxygens (including phenoxy) is 1. The van der Waals surface area contributed by atoms with Gasteiger partial charge >= 0.3 is 5.97 Å². The fraction of sp³-hybridized carbons (Fsp3) is 0.900. The van der Waals surface area contributed by atoms with E-state index in [-0.39, 0.29) is 25.4 Å². The summed E-state index contributed by atoms with van der Waals surface area (Å²) in [5.74, 6) is -0.746. The van der Waals surface area contributed by atoms with Crippen molar-refractivity contribution in [3.05, 3.63) is 0 Å². The van der Waals surface area contributed by atoms with Crippen molar-refractivity contribution in [2.45, 2.75) is 32.6 Å². The van der Waals surface area contributed by atoms with E-state index in [4.69, 9.17) is 5.11 Å². The highest BCUT2D eigenvalue weighted by Gasteiger charge is 2.12. The fourth-order valence-corrected chi connectivity index (χ4v) is 2.20. The van der Waals surface area contributed by atoms with Crippen LogP contribution in [-0.4, -0.2) is 45.0 Å². The van der Waals surface area contributed by atoms with Crippen LogP contribution in [0.4, 0.5) is 0 Å². The smallest absolute Gasteiger partial charge is 0.306 e. The predicted molar refractivity (Wildman–Crippen MR) is 64.0 cm³/mol. The maximum Gasteiger partial charge on any atom is 0.306 e. The van der Waals surface area contributed by atoms with Crippen LogP contribution < -0.4 is 4.72 Å². The molecule has 0 fully saturated rings. The van der Waals surface area contributed by atoms with Gasteiger partial charge in [-0.05, 0) is 26.2 Å². The van der Waals surface area contributed by atoms with E-state index in [1.165, 1.54) is 0 Å². The van der Waals surface area contributed by atoms with Crippen molar-refractivity contribution in [3.63, 3.8) is 0 Å². The van der Waals surface area contributed by atoms with Gasteiger partial charge in [-0.25, -0.2) is 13.1 Å². The lowest BCUT2D eigenvalue weighted by Gasteiger charge is -2.06. The minimum atomic E-state index is -3.40. The SMILES string of the molecule is CCOC(=O)CCS(=O)(=O)NCCCCCO. The van der Waals surface area contributed by atoms with Gasteiger partial charge < -0.3 is 9.84 Å². The molecule has 0 saturated heterocycles. The Balaban J connectivity index is 3.69. The number of aliphatic hydroxyl groups excluding tert-OH is 1. The highest BCUT2D eigenvalue weighted by atomic mass is 32.2. The van der Waals surface area contributed by atoms with Gasteiger partial charge in [-0.3, -0.25) is 4.79 Å². The zero-order valence-electron chi connectivity index (χ0n) is 10.1.